The second-order valence-electron chi connectivity index (χ2n) is 3.77. The van der Waals surface area contributed by atoms with Gasteiger partial charge in [-0.05, 0) is 6.07 Å². The summed E-state index contributed by atoms with van der Waals surface area (Å²) >= 11 is 0. The van der Waals surface area contributed by atoms with Crippen LogP contribution in [-0.4, -0.2) is 16.6 Å². The van der Waals surface area contributed by atoms with Gasteiger partial charge >= 0.3 is 5.91 Å². The molecule has 1 amide bonds. The van der Waals surface area contributed by atoms with Crippen LogP contribution in [0.1, 0.15) is 26.5 Å². The van der Waals surface area contributed by atoms with Crippen LogP contribution in [0, 0.1) is 10.1 Å². The van der Waals surface area contributed by atoms with Gasteiger partial charge in [-0.1, -0.05) is 12.1 Å². The second-order valence-corrected chi connectivity index (χ2v) is 3.77. The maximum Gasteiger partial charge on any atom is 0.301 e. The zero-order valence-electron chi connectivity index (χ0n) is 10.0. The largest absolute Gasteiger partial charge is 0.458 e. The van der Waals surface area contributed by atoms with E-state index in [2.05, 4.69) is 0 Å². The van der Waals surface area contributed by atoms with Crippen molar-refractivity contribution < 1.29 is 18.9 Å². The number of ketones is 1. The first-order valence-corrected chi connectivity index (χ1v) is 5.42. The highest BCUT2D eigenvalue weighted by atomic mass is 16.6. The Balaban J connectivity index is 2.42. The molecule has 0 saturated carbocycles. The Hall–Kier alpha value is -3.00. The quantitative estimate of drug-likeness (QED) is 0.282. The summed E-state index contributed by atoms with van der Waals surface area (Å²) in [7, 11) is 0. The summed E-state index contributed by atoms with van der Waals surface area (Å²) in [5, 5.41) is 10.7. The summed E-state index contributed by atoms with van der Waals surface area (Å²) in [5.41, 5.74) is 1.69. The van der Waals surface area contributed by atoms with Crippen molar-refractivity contribution in [1.82, 2.24) is 5.43 Å². The maximum absolute atomic E-state index is 12.2. The van der Waals surface area contributed by atoms with Gasteiger partial charge in [0, 0.05) is 17.7 Å². The van der Waals surface area contributed by atoms with Crippen LogP contribution in [0.25, 0.3) is 0 Å². The molecule has 0 radical (unpaired) electrons. The van der Waals surface area contributed by atoms with Crippen LogP contribution in [-0.2, 0) is 0 Å². The standard InChI is InChI=1S/C12H9N3O5/c13-14-12(17)11-9(4-5-20-11)10(16)7-2-1-3-8(6-7)15(18)19/h1-6H,13H2,(H,14,17). The van der Waals surface area contributed by atoms with E-state index in [9.17, 15) is 19.7 Å². The molecule has 102 valence electrons. The van der Waals surface area contributed by atoms with E-state index < -0.39 is 16.6 Å². The van der Waals surface area contributed by atoms with E-state index in [1.54, 1.807) is 0 Å². The molecule has 0 bridgehead atoms. The van der Waals surface area contributed by atoms with Crippen molar-refractivity contribution in [1.29, 1.82) is 0 Å². The molecule has 1 heterocycles. The number of nitrogens with zero attached hydrogens (tertiary/aromatic N) is 1. The van der Waals surface area contributed by atoms with Crippen LogP contribution >= 0.6 is 0 Å². The summed E-state index contributed by atoms with van der Waals surface area (Å²) in [5.74, 6) is 3.40. The molecule has 1 aromatic heterocycles. The summed E-state index contributed by atoms with van der Waals surface area (Å²) in [6, 6.07) is 6.48. The van der Waals surface area contributed by atoms with Gasteiger partial charge in [-0.2, -0.15) is 0 Å². The minimum absolute atomic E-state index is 0.0200. The predicted octanol–water partition coefficient (Wildman–Crippen LogP) is 1.02. The van der Waals surface area contributed by atoms with E-state index in [-0.39, 0.29) is 22.6 Å². The van der Waals surface area contributed by atoms with Crippen molar-refractivity contribution in [3.8, 4) is 0 Å². The first-order chi connectivity index (χ1) is 9.54. The van der Waals surface area contributed by atoms with Crippen LogP contribution < -0.4 is 11.3 Å². The number of nitro groups is 1. The van der Waals surface area contributed by atoms with E-state index in [0.717, 1.165) is 12.3 Å². The third-order valence-electron chi connectivity index (χ3n) is 2.57. The van der Waals surface area contributed by atoms with Crippen molar-refractivity contribution in [3.63, 3.8) is 0 Å². The number of nitro benzene ring substituents is 1. The molecule has 0 spiro atoms. The monoisotopic (exact) mass is 275 g/mol. The van der Waals surface area contributed by atoms with E-state index in [0.29, 0.717) is 0 Å². The molecule has 0 aliphatic heterocycles. The molecule has 3 N–H and O–H groups in total. The minimum atomic E-state index is -0.760. The molecule has 0 unspecified atom stereocenters. The normalized spacial score (nSPS) is 10.1. The number of nitrogen functional groups attached to an aromatic ring is 1. The number of carbonyl (C=O) groups is 2. The fourth-order valence-corrected chi connectivity index (χ4v) is 1.65. The van der Waals surface area contributed by atoms with Crippen LogP contribution in [0.4, 0.5) is 5.69 Å². The molecule has 20 heavy (non-hydrogen) atoms. The minimum Gasteiger partial charge on any atom is -0.458 e. The van der Waals surface area contributed by atoms with E-state index in [4.69, 9.17) is 10.3 Å². The lowest BCUT2D eigenvalue weighted by molar-refractivity contribution is -0.384. The number of nitrogens with one attached hydrogen (secondary N) is 1. The lowest BCUT2D eigenvalue weighted by Crippen LogP contribution is -2.30. The molecular weight excluding hydrogens is 266 g/mol. The van der Waals surface area contributed by atoms with E-state index >= 15 is 0 Å². The first kappa shape index (κ1) is 13.4. The number of benzene rings is 1. The zero-order valence-corrected chi connectivity index (χ0v) is 10.0. The number of carbonyl (C=O) groups excluding carboxylic acids is 2. The van der Waals surface area contributed by atoms with E-state index in [1.807, 2.05) is 5.43 Å². The number of hydrazine groups is 1. The Morgan fingerprint density at radius 2 is 2.05 bits per heavy atom. The van der Waals surface area contributed by atoms with Crippen LogP contribution in [0.2, 0.25) is 0 Å². The van der Waals surface area contributed by atoms with Crippen molar-refractivity contribution in [2.24, 2.45) is 5.84 Å². The van der Waals surface area contributed by atoms with Crippen molar-refractivity contribution in [2.75, 3.05) is 0 Å². The van der Waals surface area contributed by atoms with Crippen molar-refractivity contribution in [2.45, 2.75) is 0 Å². The van der Waals surface area contributed by atoms with Crippen molar-refractivity contribution in [3.05, 3.63) is 63.6 Å². The molecule has 2 aromatic rings. The predicted molar refractivity (Wildman–Crippen MR) is 66.9 cm³/mol. The Kier molecular flexibility index (Phi) is 3.58. The Morgan fingerprint density at radius 3 is 2.70 bits per heavy atom. The lowest BCUT2D eigenvalue weighted by atomic mass is 10.0. The topological polar surface area (TPSA) is 128 Å². The van der Waals surface area contributed by atoms with Gasteiger partial charge in [-0.15, -0.1) is 0 Å². The number of nitrogens with two attached hydrogens (primary N) is 1. The maximum atomic E-state index is 12.2. The highest BCUT2D eigenvalue weighted by Gasteiger charge is 2.22. The van der Waals surface area contributed by atoms with Gasteiger partial charge in [0.1, 0.15) is 0 Å². The second kappa shape index (κ2) is 5.33. The Bertz CT molecular complexity index is 692. The molecule has 1 aromatic carbocycles. The number of hydrogen-bond acceptors (Lipinski definition) is 6. The van der Waals surface area contributed by atoms with Gasteiger partial charge in [0.05, 0.1) is 16.7 Å². The van der Waals surface area contributed by atoms with Crippen LogP contribution in [0.5, 0.6) is 0 Å². The average Bonchev–Trinajstić information content (AvgIpc) is 2.95. The van der Waals surface area contributed by atoms with Gasteiger partial charge in [0.2, 0.25) is 5.76 Å². The summed E-state index contributed by atoms with van der Waals surface area (Å²) in [6.45, 7) is 0. The third kappa shape index (κ3) is 2.40. The van der Waals surface area contributed by atoms with Crippen LogP contribution in [0.15, 0.2) is 41.0 Å². The molecular formula is C12H9N3O5. The van der Waals surface area contributed by atoms with Crippen LogP contribution in [0.3, 0.4) is 0 Å². The molecule has 0 saturated heterocycles. The fourth-order valence-electron chi connectivity index (χ4n) is 1.65. The van der Waals surface area contributed by atoms with Gasteiger partial charge < -0.3 is 4.42 Å². The molecule has 0 aliphatic rings. The SMILES string of the molecule is NNC(=O)c1occc1C(=O)c1cccc([N+](=O)[O-])c1. The summed E-state index contributed by atoms with van der Waals surface area (Å²) in [6.07, 6.45) is 1.16. The molecule has 2 rings (SSSR count). The molecule has 0 fully saturated rings. The molecule has 8 heteroatoms. The Morgan fingerprint density at radius 1 is 1.30 bits per heavy atom. The van der Waals surface area contributed by atoms with Gasteiger partial charge in [0.25, 0.3) is 5.69 Å². The zero-order chi connectivity index (χ0) is 14.7. The third-order valence-corrected chi connectivity index (χ3v) is 2.57. The molecule has 8 nitrogen and oxygen atoms in total. The van der Waals surface area contributed by atoms with Crippen molar-refractivity contribution >= 4 is 17.4 Å². The number of amides is 1. The smallest absolute Gasteiger partial charge is 0.301 e. The molecule has 0 aliphatic carbocycles. The number of rotatable bonds is 4. The highest BCUT2D eigenvalue weighted by molar-refractivity contribution is 6.14. The van der Waals surface area contributed by atoms with Gasteiger partial charge in [-0.25, -0.2) is 5.84 Å². The summed E-state index contributed by atoms with van der Waals surface area (Å²) < 4.78 is 4.89. The van der Waals surface area contributed by atoms with E-state index in [1.165, 1.54) is 24.3 Å². The number of non-ortho nitro benzene ring substituents is 1. The number of hydrogen-bond donors (Lipinski definition) is 2. The molecule has 0 atom stereocenters. The average molecular weight is 275 g/mol. The Labute approximate surface area is 112 Å². The number of furan rings is 1. The van der Waals surface area contributed by atoms with Gasteiger partial charge in [-0.3, -0.25) is 25.1 Å². The highest BCUT2D eigenvalue weighted by Crippen LogP contribution is 2.19. The first-order valence-electron chi connectivity index (χ1n) is 5.42. The lowest BCUT2D eigenvalue weighted by Gasteiger charge is -2.01. The van der Waals surface area contributed by atoms with Gasteiger partial charge in [0.15, 0.2) is 5.78 Å². The fraction of sp³-hybridized carbons (Fsp3) is 0. The summed E-state index contributed by atoms with van der Waals surface area (Å²) in [4.78, 5) is 33.7.